The predicted molar refractivity (Wildman–Crippen MR) is 261 cm³/mol. The molecule has 3 unspecified atom stereocenters. The zero-order valence-corrected chi connectivity index (χ0v) is 41.9. The first-order valence-electron chi connectivity index (χ1n) is 25.3. The normalized spacial score (nSPS) is 25.6. The number of carbonyl (C=O) groups is 4. The summed E-state index contributed by atoms with van der Waals surface area (Å²) in [5.74, 6) is -1.85. The van der Waals surface area contributed by atoms with E-state index in [4.69, 9.17) is 9.47 Å². The number of imidazole rings is 1. The van der Waals surface area contributed by atoms with Crippen LogP contribution in [0.1, 0.15) is 108 Å². The van der Waals surface area contributed by atoms with Gasteiger partial charge in [-0.15, -0.1) is 0 Å². The lowest BCUT2D eigenvalue weighted by atomic mass is 9.75. The standard InChI is InChI=1S/C53H65F3N10O6/c1-31(2)45(35-22-36-14-15-37(23-35)66(36)51(70)63-21-18-58-44(63)26-57)48(67)60-42-28-62-19-8-10-34(27-62)33-13-16-43-39(24-33)40(25-52(4,5)30-72-50(69)41-12-9-20-65(61-41)49(42)68)47(64(43)29-53(54,55)56)38-11-7-17-59-46(38)32(3)71-6/h7,10-11,13,16-18,21,24,31-32,35-37,41-42,45,61H,8-9,12,14-15,19-20,22-23,25,27-30H2,1-6H3,(H,60,67)/t32-,35?,36?,37?,41-,42-,45+/m0/s1. The summed E-state index contributed by atoms with van der Waals surface area (Å²) in [6.45, 7) is 9.78. The minimum absolute atomic E-state index is 0.0226. The molecule has 2 N–H and O–H groups in total. The smallest absolute Gasteiger partial charge is 0.406 e. The van der Waals surface area contributed by atoms with Gasteiger partial charge in [-0.25, -0.2) is 19.8 Å². The molecule has 0 radical (unpaired) electrons. The van der Waals surface area contributed by atoms with E-state index in [1.807, 2.05) is 57.7 Å². The van der Waals surface area contributed by atoms with E-state index in [9.17, 15) is 37.6 Å². The van der Waals surface area contributed by atoms with E-state index in [-0.39, 0.29) is 67.2 Å². The average molecular weight is 995 g/mol. The number of methoxy groups -OCH3 is 1. The minimum atomic E-state index is -4.57. The van der Waals surface area contributed by atoms with Gasteiger partial charge >= 0.3 is 18.2 Å². The van der Waals surface area contributed by atoms with Crippen molar-refractivity contribution in [2.45, 2.75) is 129 Å². The lowest BCUT2D eigenvalue weighted by Crippen LogP contribution is -2.63. The highest BCUT2D eigenvalue weighted by Gasteiger charge is 2.48. The molecule has 9 rings (SSSR count). The van der Waals surface area contributed by atoms with Crippen LogP contribution in [-0.2, 0) is 36.8 Å². The van der Waals surface area contributed by atoms with Crippen molar-refractivity contribution in [3.8, 4) is 17.3 Å². The molecule has 0 saturated carbocycles. The Hall–Kier alpha value is -6.10. The van der Waals surface area contributed by atoms with E-state index in [0.29, 0.717) is 85.2 Å². The lowest BCUT2D eigenvalue weighted by Gasteiger charge is -2.43. The molecule has 7 atom stereocenters. The summed E-state index contributed by atoms with van der Waals surface area (Å²) in [5.41, 5.74) is 6.56. The van der Waals surface area contributed by atoms with Gasteiger partial charge in [0.25, 0.3) is 5.91 Å². The van der Waals surface area contributed by atoms with Crippen LogP contribution in [0.2, 0.25) is 0 Å². The Morgan fingerprint density at radius 1 is 1.06 bits per heavy atom. The quantitative estimate of drug-likeness (QED) is 0.168. The van der Waals surface area contributed by atoms with Gasteiger partial charge in [-0.2, -0.15) is 18.4 Å². The molecule has 1 aromatic carbocycles. The van der Waals surface area contributed by atoms with Gasteiger partial charge in [0, 0.05) is 91.8 Å². The van der Waals surface area contributed by atoms with E-state index in [1.54, 1.807) is 24.4 Å². The van der Waals surface area contributed by atoms with Gasteiger partial charge in [-0.3, -0.25) is 29.3 Å². The molecule has 19 heteroatoms. The lowest BCUT2D eigenvalue weighted by molar-refractivity contribution is -0.155. The fourth-order valence-corrected chi connectivity index (χ4v) is 12.1. The summed E-state index contributed by atoms with van der Waals surface area (Å²) in [4.78, 5) is 70.2. The molecule has 3 fully saturated rings. The zero-order valence-electron chi connectivity index (χ0n) is 41.9. The molecule has 3 aromatic heterocycles. The maximum Gasteiger partial charge on any atom is 0.406 e. The second kappa shape index (κ2) is 20.4. The average Bonchev–Trinajstić information content (AvgIpc) is 4.03. The second-order valence-corrected chi connectivity index (χ2v) is 21.5. The fourth-order valence-electron chi connectivity index (χ4n) is 12.1. The largest absolute Gasteiger partial charge is 0.464 e. The van der Waals surface area contributed by atoms with E-state index in [1.165, 1.54) is 33.6 Å². The topological polar surface area (TPSA) is 180 Å². The van der Waals surface area contributed by atoms with Crippen LogP contribution in [0, 0.1) is 34.5 Å². The van der Waals surface area contributed by atoms with Crippen molar-refractivity contribution in [2.75, 3.05) is 39.9 Å². The van der Waals surface area contributed by atoms with Gasteiger partial charge in [0.1, 0.15) is 24.7 Å². The predicted octanol–water partition coefficient (Wildman–Crippen LogP) is 7.42. The van der Waals surface area contributed by atoms with Crippen molar-refractivity contribution in [1.82, 2.24) is 44.7 Å². The van der Waals surface area contributed by atoms with Crippen LogP contribution in [0.5, 0.6) is 0 Å². The van der Waals surface area contributed by atoms with Crippen molar-refractivity contribution in [1.29, 1.82) is 5.26 Å². The molecule has 5 aliphatic rings. The number of benzene rings is 1. The Labute approximate surface area is 417 Å². The molecule has 5 aliphatic heterocycles. The maximum atomic E-state index is 14.9. The summed E-state index contributed by atoms with van der Waals surface area (Å²) >= 11 is 0. The molecule has 4 aromatic rings. The number of ether oxygens (including phenoxy) is 2. The monoisotopic (exact) mass is 995 g/mol. The number of cyclic esters (lactones) is 1. The number of fused-ring (bicyclic) bond motifs is 8. The number of carbonyl (C=O) groups excluding carboxylic acids is 4. The fraction of sp³-hybridized carbons (Fsp3) is 0.566. The summed E-state index contributed by atoms with van der Waals surface area (Å²) in [5, 5.41) is 14.9. The highest BCUT2D eigenvalue weighted by atomic mass is 19.4. The minimum Gasteiger partial charge on any atom is -0.464 e. The van der Waals surface area contributed by atoms with Crippen molar-refractivity contribution < 1.29 is 41.8 Å². The number of halogens is 3. The molecule has 0 spiro atoms. The first kappa shape index (κ1) is 50.8. The number of nitriles is 1. The molecule has 0 aliphatic carbocycles. The maximum absolute atomic E-state index is 14.9. The molecule has 3 amide bonds. The van der Waals surface area contributed by atoms with Gasteiger partial charge in [-0.1, -0.05) is 39.8 Å². The second-order valence-electron chi connectivity index (χ2n) is 21.5. The van der Waals surface area contributed by atoms with Crippen molar-refractivity contribution in [2.24, 2.45) is 23.2 Å². The van der Waals surface area contributed by atoms with E-state index < -0.39 is 48.2 Å². The third-order valence-corrected chi connectivity index (χ3v) is 15.5. The van der Waals surface area contributed by atoms with E-state index in [0.717, 1.165) is 24.0 Å². The van der Waals surface area contributed by atoms with Gasteiger partial charge in [0.2, 0.25) is 11.7 Å². The number of hydrazine groups is 1. The van der Waals surface area contributed by atoms with Crippen LogP contribution in [-0.4, -0.2) is 128 Å². The highest BCUT2D eigenvalue weighted by molar-refractivity contribution is 5.95. The molecule has 8 bridgehead atoms. The van der Waals surface area contributed by atoms with Gasteiger partial charge in [0.05, 0.1) is 24.1 Å². The number of amides is 3. The molecule has 16 nitrogen and oxygen atoms in total. The Morgan fingerprint density at radius 2 is 1.82 bits per heavy atom. The number of hydrogen-bond acceptors (Lipinski definition) is 11. The number of alkyl halides is 3. The van der Waals surface area contributed by atoms with Gasteiger partial charge in [0.15, 0.2) is 0 Å². The first-order valence-corrected chi connectivity index (χ1v) is 25.3. The van der Waals surface area contributed by atoms with Crippen LogP contribution in [0.3, 0.4) is 0 Å². The molecular formula is C53H65F3N10O6. The Balaban J connectivity index is 1.06. The van der Waals surface area contributed by atoms with Gasteiger partial charge in [-0.05, 0) is 111 Å². The van der Waals surface area contributed by atoms with E-state index in [2.05, 4.69) is 31.7 Å². The van der Waals surface area contributed by atoms with Crippen LogP contribution in [0.15, 0.2) is 55.0 Å². The summed E-state index contributed by atoms with van der Waals surface area (Å²) in [6.07, 6.45) is 6.06. The van der Waals surface area contributed by atoms with Crippen molar-refractivity contribution >= 4 is 40.3 Å². The number of pyridine rings is 1. The number of aromatic nitrogens is 4. The number of nitrogens with zero attached hydrogens (tertiary/aromatic N) is 8. The third kappa shape index (κ3) is 10.3. The number of nitrogens with one attached hydrogen (secondary N) is 2. The summed E-state index contributed by atoms with van der Waals surface area (Å²) in [6, 6.07) is 8.61. The number of hydrogen-bond donors (Lipinski definition) is 2. The summed E-state index contributed by atoms with van der Waals surface area (Å²) in [7, 11) is 1.53. The molecule has 8 heterocycles. The van der Waals surface area contributed by atoms with Crippen molar-refractivity contribution in [3.63, 3.8) is 0 Å². The Kier molecular flexibility index (Phi) is 14.4. The van der Waals surface area contributed by atoms with E-state index >= 15 is 0 Å². The molecule has 3 saturated heterocycles. The highest BCUT2D eigenvalue weighted by Crippen LogP contribution is 2.45. The molecular weight excluding hydrogens is 930 g/mol. The van der Waals surface area contributed by atoms with Crippen LogP contribution >= 0.6 is 0 Å². The Morgan fingerprint density at radius 3 is 2.53 bits per heavy atom. The van der Waals surface area contributed by atoms with Crippen LogP contribution < -0.4 is 10.7 Å². The third-order valence-electron chi connectivity index (χ3n) is 15.5. The SMILES string of the molecule is CO[C@@H](C)c1ncccc1-c1c2c3cc(ccc3n1CC(F)(F)F)C1=CCCN(C1)C[C@H](NC(=O)[C@H](C(C)C)C1CC3CCC(C1)N3C(=O)n1ccnc1C#N)C(=O)N1CCC[C@H](N1)C(=O)OCC(C)(C)C2. The number of rotatable bonds is 8. The van der Waals surface area contributed by atoms with Gasteiger partial charge < -0.3 is 24.3 Å². The zero-order chi connectivity index (χ0) is 51.2. The molecule has 72 heavy (non-hydrogen) atoms. The number of piperidine rings is 1. The Bertz CT molecular complexity index is 2780. The number of esters is 1. The van der Waals surface area contributed by atoms with Crippen molar-refractivity contribution in [3.05, 3.63) is 77.6 Å². The van der Waals surface area contributed by atoms with Crippen LogP contribution in [0.25, 0.3) is 27.7 Å². The van der Waals surface area contributed by atoms with Crippen LogP contribution in [0.4, 0.5) is 18.0 Å². The molecule has 384 valence electrons. The summed E-state index contributed by atoms with van der Waals surface area (Å²) < 4.78 is 58.6. The first-order chi connectivity index (χ1) is 34.3.